The molecule has 1 heterocycles. The number of ketones is 2. The van der Waals surface area contributed by atoms with Crippen molar-refractivity contribution < 1.29 is 14.2 Å². The lowest BCUT2D eigenvalue weighted by Crippen LogP contribution is -2.40. The Morgan fingerprint density at radius 1 is 0.960 bits per heavy atom. The largest absolute Gasteiger partial charge is 0.291 e. The maximum absolute atomic E-state index is 12.8. The van der Waals surface area contributed by atoms with Crippen molar-refractivity contribution in [1.82, 2.24) is 9.78 Å². The molecule has 0 radical (unpaired) electrons. The summed E-state index contributed by atoms with van der Waals surface area (Å²) in [6.45, 7) is 3.82. The molecule has 0 aliphatic rings. The maximum atomic E-state index is 12.8. The van der Waals surface area contributed by atoms with Crippen LogP contribution in [0.15, 0.2) is 73.3 Å². The summed E-state index contributed by atoms with van der Waals surface area (Å²) in [5, 5.41) is 4.29. The molecule has 25 heavy (non-hydrogen) atoms. The van der Waals surface area contributed by atoms with Crippen molar-refractivity contribution in [2.45, 2.75) is 25.9 Å². The first kappa shape index (κ1) is 16.8. The third kappa shape index (κ3) is 3.55. The molecule has 3 rings (SSSR count). The summed E-state index contributed by atoms with van der Waals surface area (Å²) in [5.74, 6) is -0.0323. The van der Waals surface area contributed by atoms with Gasteiger partial charge in [0.05, 0.1) is 0 Å². The molecular formula is C20H20N3O2+. The van der Waals surface area contributed by atoms with Gasteiger partial charge >= 0.3 is 0 Å². The van der Waals surface area contributed by atoms with Crippen LogP contribution in [0.5, 0.6) is 0 Å². The Bertz CT molecular complexity index is 884. The van der Waals surface area contributed by atoms with Crippen LogP contribution < -0.4 is 4.57 Å². The van der Waals surface area contributed by atoms with E-state index in [0.29, 0.717) is 11.1 Å². The number of aromatic nitrogens is 3. The van der Waals surface area contributed by atoms with Crippen LogP contribution >= 0.6 is 0 Å². The van der Waals surface area contributed by atoms with E-state index >= 15 is 0 Å². The summed E-state index contributed by atoms with van der Waals surface area (Å²) in [5.41, 5.74) is 0.444. The molecular weight excluding hydrogens is 314 g/mol. The van der Waals surface area contributed by atoms with E-state index in [0.717, 1.165) is 0 Å². The Morgan fingerprint density at radius 3 is 2.12 bits per heavy atom. The molecule has 5 heteroatoms. The molecule has 0 atom stereocenters. The average Bonchev–Trinajstić information content (AvgIpc) is 3.12. The molecule has 2 aromatic carbocycles. The number of carbonyl (C=O) groups excluding carboxylic acids is 2. The fourth-order valence-corrected chi connectivity index (χ4v) is 2.62. The summed E-state index contributed by atoms with van der Waals surface area (Å²) in [6.07, 6.45) is 3.27. The van der Waals surface area contributed by atoms with Gasteiger partial charge in [0.15, 0.2) is 11.3 Å². The first-order valence-electron chi connectivity index (χ1n) is 8.11. The molecule has 0 spiro atoms. The normalized spacial score (nSPS) is 11.3. The Balaban J connectivity index is 1.78. The highest BCUT2D eigenvalue weighted by Gasteiger charge is 2.37. The van der Waals surface area contributed by atoms with Crippen LogP contribution in [0.4, 0.5) is 0 Å². The minimum atomic E-state index is -0.845. The van der Waals surface area contributed by atoms with Crippen LogP contribution in [0, 0.1) is 0 Å². The van der Waals surface area contributed by atoms with Crippen LogP contribution in [-0.4, -0.2) is 21.3 Å². The summed E-state index contributed by atoms with van der Waals surface area (Å²) < 4.78 is 3.29. The van der Waals surface area contributed by atoms with Gasteiger partial charge in [0.2, 0.25) is 12.1 Å². The fourth-order valence-electron chi connectivity index (χ4n) is 2.62. The van der Waals surface area contributed by atoms with Crippen LogP contribution in [0.2, 0.25) is 0 Å². The topological polar surface area (TPSA) is 55.8 Å². The zero-order chi connectivity index (χ0) is 17.9. The molecule has 1 aromatic heterocycles. The highest BCUT2D eigenvalue weighted by Crippen LogP contribution is 2.19. The molecule has 0 aliphatic heterocycles. The van der Waals surface area contributed by atoms with E-state index in [1.165, 1.54) is 0 Å². The van der Waals surface area contributed by atoms with Crippen LogP contribution in [0.25, 0.3) is 0 Å². The van der Waals surface area contributed by atoms with E-state index in [4.69, 9.17) is 0 Å². The van der Waals surface area contributed by atoms with Gasteiger partial charge in [0.1, 0.15) is 6.54 Å². The van der Waals surface area contributed by atoms with Crippen LogP contribution in [0.1, 0.15) is 34.6 Å². The second kappa shape index (κ2) is 6.81. The van der Waals surface area contributed by atoms with E-state index in [1.807, 2.05) is 50.2 Å². The first-order chi connectivity index (χ1) is 12.0. The lowest BCUT2D eigenvalue weighted by atomic mass is 9.93. The number of nitrogens with zero attached hydrogens (tertiary/aromatic N) is 3. The van der Waals surface area contributed by atoms with Crippen molar-refractivity contribution in [2.75, 3.05) is 0 Å². The highest BCUT2D eigenvalue weighted by molar-refractivity contribution is 6.01. The summed E-state index contributed by atoms with van der Waals surface area (Å²) in [7, 11) is 0. The number of carbonyl (C=O) groups is 2. The predicted molar refractivity (Wildman–Crippen MR) is 93.3 cm³/mol. The number of hydrogen-bond acceptors (Lipinski definition) is 3. The molecule has 0 fully saturated rings. The Morgan fingerprint density at radius 2 is 1.52 bits per heavy atom. The molecule has 0 bridgehead atoms. The molecule has 0 saturated heterocycles. The Hall–Kier alpha value is -3.08. The number of hydrogen-bond donors (Lipinski definition) is 0. The molecule has 126 valence electrons. The third-order valence-electron chi connectivity index (χ3n) is 4.17. The Kier molecular flexibility index (Phi) is 4.57. The third-order valence-corrected chi connectivity index (χ3v) is 4.17. The molecule has 0 unspecified atom stereocenters. The number of benzene rings is 2. The van der Waals surface area contributed by atoms with Crippen LogP contribution in [0.3, 0.4) is 0 Å². The summed E-state index contributed by atoms with van der Waals surface area (Å²) in [6, 6.07) is 18.3. The van der Waals surface area contributed by atoms with Crippen LogP contribution in [-0.2, 0) is 12.1 Å². The second-order valence-electron chi connectivity index (χ2n) is 6.41. The zero-order valence-electron chi connectivity index (χ0n) is 14.3. The molecule has 0 amide bonds. The SMILES string of the molecule is CC(C)(C(=O)c1ccccc1)n1c[n+](CC(=O)c2ccccc2)cn1. The fraction of sp³-hybridized carbons (Fsp3) is 0.200. The molecule has 3 aromatic rings. The van der Waals surface area contributed by atoms with Crippen molar-refractivity contribution in [2.24, 2.45) is 0 Å². The lowest BCUT2D eigenvalue weighted by Gasteiger charge is -2.17. The zero-order valence-corrected chi connectivity index (χ0v) is 14.3. The molecule has 5 nitrogen and oxygen atoms in total. The minimum Gasteiger partial charge on any atom is -0.291 e. The van der Waals surface area contributed by atoms with Gasteiger partial charge in [0.25, 0.3) is 6.33 Å². The second-order valence-corrected chi connectivity index (χ2v) is 6.41. The van der Waals surface area contributed by atoms with E-state index in [-0.39, 0.29) is 18.1 Å². The summed E-state index contributed by atoms with van der Waals surface area (Å²) in [4.78, 5) is 25.1. The number of rotatable bonds is 6. The molecule has 0 saturated carbocycles. The Labute approximate surface area is 146 Å². The van der Waals surface area contributed by atoms with E-state index in [1.54, 1.807) is 46.2 Å². The molecule has 0 N–H and O–H groups in total. The van der Waals surface area contributed by atoms with Crippen molar-refractivity contribution in [3.8, 4) is 0 Å². The van der Waals surface area contributed by atoms with E-state index < -0.39 is 5.54 Å². The number of Topliss-reactive ketones (excluding diaryl/α,β-unsaturated/α-hetero) is 2. The predicted octanol–water partition coefficient (Wildman–Crippen LogP) is 2.67. The van der Waals surface area contributed by atoms with Gasteiger partial charge in [-0.25, -0.2) is 4.57 Å². The van der Waals surface area contributed by atoms with Crippen molar-refractivity contribution in [3.05, 3.63) is 84.4 Å². The average molecular weight is 334 g/mol. The van der Waals surface area contributed by atoms with Gasteiger partial charge in [-0.2, -0.15) is 0 Å². The first-order valence-corrected chi connectivity index (χ1v) is 8.11. The summed E-state index contributed by atoms with van der Waals surface area (Å²) >= 11 is 0. The smallest absolute Gasteiger partial charge is 0.265 e. The molecule has 0 aliphatic carbocycles. The lowest BCUT2D eigenvalue weighted by molar-refractivity contribution is -0.684. The van der Waals surface area contributed by atoms with Crippen molar-refractivity contribution >= 4 is 11.6 Å². The van der Waals surface area contributed by atoms with E-state index in [9.17, 15) is 9.59 Å². The van der Waals surface area contributed by atoms with Gasteiger partial charge in [-0.1, -0.05) is 60.7 Å². The van der Waals surface area contributed by atoms with Gasteiger partial charge < -0.3 is 0 Å². The monoisotopic (exact) mass is 334 g/mol. The van der Waals surface area contributed by atoms with E-state index in [2.05, 4.69) is 5.10 Å². The quantitative estimate of drug-likeness (QED) is 0.514. The highest BCUT2D eigenvalue weighted by atomic mass is 16.1. The van der Waals surface area contributed by atoms with Gasteiger partial charge in [0, 0.05) is 16.2 Å². The maximum Gasteiger partial charge on any atom is 0.265 e. The van der Waals surface area contributed by atoms with Crippen molar-refractivity contribution in [1.29, 1.82) is 0 Å². The minimum absolute atomic E-state index is 0.00246. The van der Waals surface area contributed by atoms with Gasteiger partial charge in [-0.15, -0.1) is 4.68 Å². The van der Waals surface area contributed by atoms with Gasteiger partial charge in [-0.3, -0.25) is 9.59 Å². The standard InChI is InChI=1S/C20H20N3O2/c1-20(2,19(25)17-11-7-4-8-12-17)23-15-22(14-21-23)13-18(24)16-9-5-3-6-10-16/h3-12,14-15H,13H2,1-2H3/q+1. The van der Waals surface area contributed by atoms with Gasteiger partial charge in [-0.05, 0) is 13.8 Å². The van der Waals surface area contributed by atoms with Crippen molar-refractivity contribution in [3.63, 3.8) is 0 Å².